The molecule has 0 unspecified atom stereocenters. The highest BCUT2D eigenvalue weighted by Gasteiger charge is 2.53. The van der Waals surface area contributed by atoms with Crippen LogP contribution < -0.4 is 4.90 Å². The van der Waals surface area contributed by atoms with Crippen molar-refractivity contribution in [2.45, 2.75) is 55.5 Å². The molecule has 0 N–H and O–H groups in total. The van der Waals surface area contributed by atoms with E-state index in [1.807, 2.05) is 24.1 Å². The van der Waals surface area contributed by atoms with Crippen molar-refractivity contribution >= 4 is 47.0 Å². The number of rotatable bonds is 4. The minimum absolute atomic E-state index is 0.144. The lowest BCUT2D eigenvalue weighted by atomic mass is 9.98. The number of carbonyl (C=O) groups excluding carboxylic acids is 3. The van der Waals surface area contributed by atoms with Crippen LogP contribution in [0, 0.1) is 0 Å². The molecule has 2 heterocycles. The first-order valence-corrected chi connectivity index (χ1v) is 10.3. The van der Waals surface area contributed by atoms with Gasteiger partial charge in [0.05, 0.1) is 10.9 Å². The molecule has 1 fully saturated rings. The lowest BCUT2D eigenvalue weighted by Crippen LogP contribution is -2.64. The van der Waals surface area contributed by atoms with Crippen molar-refractivity contribution in [2.75, 3.05) is 18.6 Å². The second kappa shape index (κ2) is 8.81. The normalized spacial score (nSPS) is 28.0. The van der Waals surface area contributed by atoms with Gasteiger partial charge in [0.15, 0.2) is 12.2 Å². The van der Waals surface area contributed by atoms with Crippen LogP contribution in [0.4, 0.5) is 5.69 Å². The van der Waals surface area contributed by atoms with E-state index in [0.717, 1.165) is 10.6 Å². The fourth-order valence-electron chi connectivity index (χ4n) is 3.48. The third-order valence-electron chi connectivity index (χ3n) is 4.61. The Balaban J connectivity index is 1.99. The Labute approximate surface area is 177 Å². The van der Waals surface area contributed by atoms with Crippen LogP contribution in [0.5, 0.6) is 0 Å². The number of hydrogen-bond acceptors (Lipinski definition) is 9. The summed E-state index contributed by atoms with van der Waals surface area (Å²) in [5.41, 5.74) is 0.863. The molecule has 3 rings (SSSR count). The Bertz CT molecular complexity index is 820. The van der Waals surface area contributed by atoms with Crippen LogP contribution in [0.2, 0.25) is 5.02 Å². The molecule has 158 valence electrons. The van der Waals surface area contributed by atoms with E-state index >= 15 is 0 Å². The van der Waals surface area contributed by atoms with Gasteiger partial charge in [0, 0.05) is 37.7 Å². The lowest BCUT2D eigenvalue weighted by Gasteiger charge is -2.50. The largest absolute Gasteiger partial charge is 0.463 e. The molecule has 1 aromatic rings. The fraction of sp³-hybridized carbons (Fsp3) is 0.526. The first-order valence-electron chi connectivity index (χ1n) is 8.99. The molecule has 0 radical (unpaired) electrons. The van der Waals surface area contributed by atoms with E-state index < -0.39 is 42.4 Å². The summed E-state index contributed by atoms with van der Waals surface area (Å²) in [7, 11) is 1.84. The highest BCUT2D eigenvalue weighted by molar-refractivity contribution is 8.00. The summed E-state index contributed by atoms with van der Waals surface area (Å²) < 4.78 is 22.3. The quantitative estimate of drug-likeness (QED) is 0.513. The standard InChI is InChI=1S/C19H22ClNO7S/c1-9(22)25-8-14-16(26-10(2)23)17(27-11(3)24)18-19(28-14)21(4)13-7-12(20)5-6-15(13)29-18/h5-7,14,16-19H,8H2,1-4H3/t14-,16-,17+,18+,19-/m1/s1. The van der Waals surface area contributed by atoms with Gasteiger partial charge in [0.25, 0.3) is 0 Å². The smallest absolute Gasteiger partial charge is 0.303 e. The van der Waals surface area contributed by atoms with E-state index in [-0.39, 0.29) is 11.9 Å². The van der Waals surface area contributed by atoms with E-state index in [1.54, 1.807) is 6.07 Å². The Morgan fingerprint density at radius 2 is 1.76 bits per heavy atom. The van der Waals surface area contributed by atoms with Crippen LogP contribution in [-0.4, -0.2) is 61.4 Å². The average Bonchev–Trinajstić information content (AvgIpc) is 2.62. The van der Waals surface area contributed by atoms with Crippen LogP contribution in [-0.2, 0) is 33.3 Å². The van der Waals surface area contributed by atoms with Crippen LogP contribution in [0.3, 0.4) is 0 Å². The SMILES string of the molecule is CC(=O)OC[C@H]1O[C@@H]2[C@@H](Sc3ccc(Cl)cc3N2C)[C@@H](OC(C)=O)[C@@H]1OC(C)=O. The number of hydrogen-bond donors (Lipinski definition) is 0. The number of thioether (sulfide) groups is 1. The van der Waals surface area contributed by atoms with Crippen molar-refractivity contribution in [2.24, 2.45) is 0 Å². The molecule has 0 aromatic heterocycles. The Morgan fingerprint density at radius 3 is 2.38 bits per heavy atom. The van der Waals surface area contributed by atoms with Crippen LogP contribution >= 0.6 is 23.4 Å². The molecule has 5 atom stereocenters. The number of ether oxygens (including phenoxy) is 4. The number of benzene rings is 1. The van der Waals surface area contributed by atoms with Crippen molar-refractivity contribution in [3.63, 3.8) is 0 Å². The number of esters is 3. The van der Waals surface area contributed by atoms with E-state index in [9.17, 15) is 14.4 Å². The van der Waals surface area contributed by atoms with Gasteiger partial charge in [-0.1, -0.05) is 11.6 Å². The number of anilines is 1. The number of nitrogens with zero attached hydrogens (tertiary/aromatic N) is 1. The van der Waals surface area contributed by atoms with Gasteiger partial charge in [0.1, 0.15) is 18.9 Å². The Morgan fingerprint density at radius 1 is 1.10 bits per heavy atom. The molecule has 2 aliphatic rings. The van der Waals surface area contributed by atoms with Crippen LogP contribution in [0.1, 0.15) is 20.8 Å². The molecule has 29 heavy (non-hydrogen) atoms. The van der Waals surface area contributed by atoms with Crippen LogP contribution in [0.15, 0.2) is 23.1 Å². The Hall–Kier alpha value is -1.97. The van der Waals surface area contributed by atoms with Gasteiger partial charge in [0.2, 0.25) is 0 Å². The summed E-state index contributed by atoms with van der Waals surface area (Å²) in [4.78, 5) is 37.7. The van der Waals surface area contributed by atoms with Gasteiger partial charge in [-0.3, -0.25) is 14.4 Å². The maximum Gasteiger partial charge on any atom is 0.303 e. The zero-order valence-electron chi connectivity index (χ0n) is 16.4. The molecular weight excluding hydrogens is 422 g/mol. The fourth-order valence-corrected chi connectivity index (χ4v) is 5.11. The summed E-state index contributed by atoms with van der Waals surface area (Å²) in [6, 6.07) is 5.48. The van der Waals surface area contributed by atoms with Gasteiger partial charge in [-0.25, -0.2) is 0 Å². The van der Waals surface area contributed by atoms with Crippen molar-refractivity contribution in [3.05, 3.63) is 23.2 Å². The van der Waals surface area contributed by atoms with Crippen molar-refractivity contribution in [1.82, 2.24) is 0 Å². The van der Waals surface area contributed by atoms with Crippen molar-refractivity contribution in [1.29, 1.82) is 0 Å². The molecule has 10 heteroatoms. The minimum Gasteiger partial charge on any atom is -0.463 e. The highest BCUT2D eigenvalue weighted by atomic mass is 35.5. The first-order chi connectivity index (χ1) is 13.7. The lowest BCUT2D eigenvalue weighted by molar-refractivity contribution is -0.212. The highest BCUT2D eigenvalue weighted by Crippen LogP contribution is 2.47. The van der Waals surface area contributed by atoms with Crippen molar-refractivity contribution in [3.8, 4) is 0 Å². The Kier molecular flexibility index (Phi) is 6.60. The predicted octanol–water partition coefficient (Wildman–Crippen LogP) is 2.40. The zero-order valence-corrected chi connectivity index (χ0v) is 18.0. The van der Waals surface area contributed by atoms with Gasteiger partial charge in [-0.2, -0.15) is 0 Å². The van der Waals surface area contributed by atoms with Crippen molar-refractivity contribution < 1.29 is 33.3 Å². The van der Waals surface area contributed by atoms with Crippen LogP contribution in [0.25, 0.3) is 0 Å². The average molecular weight is 444 g/mol. The molecular formula is C19H22ClNO7S. The number of carbonyl (C=O) groups is 3. The molecule has 8 nitrogen and oxygen atoms in total. The molecule has 1 saturated heterocycles. The first kappa shape index (κ1) is 21.7. The van der Waals surface area contributed by atoms with Gasteiger partial charge in [-0.15, -0.1) is 11.8 Å². The summed E-state index contributed by atoms with van der Waals surface area (Å²) in [5.74, 6) is -1.56. The second-order valence-corrected chi connectivity index (χ2v) is 8.48. The van der Waals surface area contributed by atoms with E-state index in [2.05, 4.69) is 0 Å². The minimum atomic E-state index is -0.924. The third-order valence-corrected chi connectivity index (χ3v) is 6.22. The van der Waals surface area contributed by atoms with E-state index in [0.29, 0.717) is 5.02 Å². The second-order valence-electron chi connectivity index (χ2n) is 6.82. The molecule has 0 saturated carbocycles. The summed E-state index contributed by atoms with van der Waals surface area (Å²) in [6.07, 6.45) is -3.06. The molecule has 1 aromatic carbocycles. The van der Waals surface area contributed by atoms with E-state index in [1.165, 1.54) is 32.5 Å². The van der Waals surface area contributed by atoms with E-state index in [4.69, 9.17) is 30.5 Å². The maximum absolute atomic E-state index is 11.8. The number of fused-ring (bicyclic) bond motifs is 2. The molecule has 2 aliphatic heterocycles. The molecule has 0 amide bonds. The monoisotopic (exact) mass is 443 g/mol. The summed E-state index contributed by atoms with van der Waals surface area (Å²) in [6.45, 7) is 3.69. The van der Waals surface area contributed by atoms with Gasteiger partial charge in [-0.05, 0) is 18.2 Å². The predicted molar refractivity (Wildman–Crippen MR) is 106 cm³/mol. The number of halogens is 1. The third kappa shape index (κ3) is 4.79. The maximum atomic E-state index is 11.8. The topological polar surface area (TPSA) is 91.4 Å². The van der Waals surface area contributed by atoms with Gasteiger partial charge >= 0.3 is 17.9 Å². The van der Waals surface area contributed by atoms with Gasteiger partial charge < -0.3 is 23.8 Å². The molecule has 0 spiro atoms. The summed E-state index contributed by atoms with van der Waals surface area (Å²) in [5, 5.41) is 0.201. The molecule has 0 aliphatic carbocycles. The molecule has 0 bridgehead atoms. The summed E-state index contributed by atoms with van der Waals surface area (Å²) >= 11 is 7.61. The zero-order chi connectivity index (χ0) is 21.3.